The quantitative estimate of drug-likeness (QED) is 0.732. The van der Waals surface area contributed by atoms with Crippen molar-refractivity contribution < 1.29 is 23.8 Å². The predicted molar refractivity (Wildman–Crippen MR) is 68.5 cm³/mol. The van der Waals surface area contributed by atoms with Gasteiger partial charge >= 0.3 is 12.1 Å². The topological polar surface area (TPSA) is 65.1 Å². The number of hydrogen-bond donors (Lipinski definition) is 0. The summed E-state index contributed by atoms with van der Waals surface area (Å²) in [5.74, 6) is -0.311. The lowest BCUT2D eigenvalue weighted by Crippen LogP contribution is -2.46. The lowest BCUT2D eigenvalue weighted by molar-refractivity contribution is -0.142. The van der Waals surface area contributed by atoms with Crippen LogP contribution < -0.4 is 0 Å². The van der Waals surface area contributed by atoms with Crippen LogP contribution in [0.4, 0.5) is 4.79 Å². The van der Waals surface area contributed by atoms with Crippen LogP contribution in [-0.4, -0.2) is 48.5 Å². The molecular formula is C13H23NO5. The minimum Gasteiger partial charge on any atom is -0.469 e. The van der Waals surface area contributed by atoms with Crippen LogP contribution in [0.15, 0.2) is 0 Å². The zero-order valence-electron chi connectivity index (χ0n) is 12.3. The molecule has 1 aliphatic heterocycles. The molecule has 6 nitrogen and oxygen atoms in total. The Bertz CT molecular complexity index is 351. The zero-order chi connectivity index (χ0) is 14.7. The molecule has 6 heteroatoms. The summed E-state index contributed by atoms with van der Waals surface area (Å²) in [6, 6.07) is 0. The van der Waals surface area contributed by atoms with Crippen LogP contribution in [0.1, 0.15) is 40.5 Å². The monoisotopic (exact) mass is 273 g/mol. The molecule has 0 N–H and O–H groups in total. The van der Waals surface area contributed by atoms with Crippen molar-refractivity contribution in [1.29, 1.82) is 0 Å². The van der Waals surface area contributed by atoms with E-state index in [1.54, 1.807) is 18.7 Å². The number of methoxy groups -OCH3 is 1. The summed E-state index contributed by atoms with van der Waals surface area (Å²) >= 11 is 0. The molecule has 0 atom stereocenters. The molecule has 0 bridgehead atoms. The third-order valence-corrected chi connectivity index (χ3v) is 3.16. The fourth-order valence-electron chi connectivity index (χ4n) is 1.89. The number of amides is 1. The van der Waals surface area contributed by atoms with Gasteiger partial charge in [0, 0.05) is 6.42 Å². The van der Waals surface area contributed by atoms with Gasteiger partial charge in [0.2, 0.25) is 0 Å². The molecule has 1 rings (SSSR count). The van der Waals surface area contributed by atoms with Crippen LogP contribution >= 0.6 is 0 Å². The maximum atomic E-state index is 12.1. The molecule has 1 saturated heterocycles. The number of esters is 1. The van der Waals surface area contributed by atoms with Gasteiger partial charge in [-0.3, -0.25) is 9.69 Å². The summed E-state index contributed by atoms with van der Waals surface area (Å²) in [7, 11) is 1.34. The highest BCUT2D eigenvalue weighted by Crippen LogP contribution is 2.26. The van der Waals surface area contributed by atoms with Gasteiger partial charge < -0.3 is 14.2 Å². The SMILES string of the molecule is COC(=O)CCC(C)(C)OC(=O)N1CCOC1(C)C. The predicted octanol–water partition coefficient (Wildman–Crippen LogP) is 1.92. The molecule has 0 aromatic heterocycles. The Labute approximate surface area is 114 Å². The van der Waals surface area contributed by atoms with Crippen molar-refractivity contribution in [3.8, 4) is 0 Å². The molecular weight excluding hydrogens is 250 g/mol. The summed E-state index contributed by atoms with van der Waals surface area (Å²) in [5, 5.41) is 0. The highest BCUT2D eigenvalue weighted by Gasteiger charge is 2.39. The molecule has 0 radical (unpaired) electrons. The van der Waals surface area contributed by atoms with Crippen molar-refractivity contribution in [2.45, 2.75) is 51.9 Å². The summed E-state index contributed by atoms with van der Waals surface area (Å²) < 4.78 is 15.5. The molecule has 0 saturated carbocycles. The van der Waals surface area contributed by atoms with E-state index < -0.39 is 17.4 Å². The van der Waals surface area contributed by atoms with E-state index in [4.69, 9.17) is 9.47 Å². The number of rotatable bonds is 4. The maximum Gasteiger partial charge on any atom is 0.412 e. The highest BCUT2D eigenvalue weighted by atomic mass is 16.6. The normalized spacial score (nSPS) is 18.3. The second-order valence-electron chi connectivity index (χ2n) is 5.65. The van der Waals surface area contributed by atoms with E-state index in [9.17, 15) is 9.59 Å². The van der Waals surface area contributed by atoms with Crippen molar-refractivity contribution in [3.63, 3.8) is 0 Å². The molecule has 1 aliphatic rings. The van der Waals surface area contributed by atoms with Crippen molar-refractivity contribution in [3.05, 3.63) is 0 Å². The van der Waals surface area contributed by atoms with Gasteiger partial charge in [-0.1, -0.05) is 0 Å². The number of ether oxygens (including phenoxy) is 3. The van der Waals surface area contributed by atoms with Gasteiger partial charge in [-0.2, -0.15) is 0 Å². The third kappa shape index (κ3) is 4.38. The fourth-order valence-corrected chi connectivity index (χ4v) is 1.89. The molecule has 110 valence electrons. The third-order valence-electron chi connectivity index (χ3n) is 3.16. The lowest BCUT2D eigenvalue weighted by atomic mass is 10.0. The summed E-state index contributed by atoms with van der Waals surface area (Å²) in [6.45, 7) is 8.21. The second-order valence-corrected chi connectivity index (χ2v) is 5.65. The van der Waals surface area contributed by atoms with Crippen molar-refractivity contribution in [2.75, 3.05) is 20.3 Å². The van der Waals surface area contributed by atoms with E-state index in [1.165, 1.54) is 7.11 Å². The van der Waals surface area contributed by atoms with Crippen LogP contribution in [0.2, 0.25) is 0 Å². The van der Waals surface area contributed by atoms with Crippen LogP contribution in [-0.2, 0) is 19.0 Å². The van der Waals surface area contributed by atoms with Gasteiger partial charge in [0.25, 0.3) is 0 Å². The van der Waals surface area contributed by atoms with Gasteiger partial charge in [0.05, 0.1) is 20.3 Å². The van der Waals surface area contributed by atoms with Crippen LogP contribution in [0, 0.1) is 0 Å². The molecule has 0 aromatic rings. The Kier molecular flexibility index (Phi) is 4.79. The van der Waals surface area contributed by atoms with Gasteiger partial charge in [-0.05, 0) is 34.1 Å². The van der Waals surface area contributed by atoms with Crippen molar-refractivity contribution >= 4 is 12.1 Å². The Hall–Kier alpha value is -1.30. The Morgan fingerprint density at radius 1 is 1.37 bits per heavy atom. The highest BCUT2D eigenvalue weighted by molar-refractivity contribution is 5.70. The van der Waals surface area contributed by atoms with E-state index in [1.807, 2.05) is 13.8 Å². The molecule has 0 aliphatic carbocycles. The molecule has 19 heavy (non-hydrogen) atoms. The number of nitrogens with zero attached hydrogens (tertiary/aromatic N) is 1. The van der Waals surface area contributed by atoms with E-state index in [-0.39, 0.29) is 12.4 Å². The van der Waals surface area contributed by atoms with E-state index in [0.717, 1.165) is 0 Å². The molecule has 0 aromatic carbocycles. The first-order valence-corrected chi connectivity index (χ1v) is 6.39. The molecule has 1 heterocycles. The van der Waals surface area contributed by atoms with Gasteiger partial charge in [0.1, 0.15) is 11.3 Å². The van der Waals surface area contributed by atoms with Gasteiger partial charge in [-0.15, -0.1) is 0 Å². The fraction of sp³-hybridized carbons (Fsp3) is 0.846. The number of carbonyl (C=O) groups is 2. The van der Waals surface area contributed by atoms with Crippen LogP contribution in [0.3, 0.4) is 0 Å². The summed E-state index contributed by atoms with van der Waals surface area (Å²) in [5.41, 5.74) is -1.36. The Balaban J connectivity index is 2.53. The van der Waals surface area contributed by atoms with E-state index in [2.05, 4.69) is 4.74 Å². The standard InChI is InChI=1S/C13H23NO5/c1-12(2,7-6-10(15)17-5)19-11(16)14-8-9-18-13(14,3)4/h6-9H2,1-5H3. The van der Waals surface area contributed by atoms with Crippen molar-refractivity contribution in [2.24, 2.45) is 0 Å². The smallest absolute Gasteiger partial charge is 0.412 e. The molecule has 0 unspecified atom stereocenters. The van der Waals surface area contributed by atoms with E-state index in [0.29, 0.717) is 19.6 Å². The first-order valence-electron chi connectivity index (χ1n) is 6.39. The first kappa shape index (κ1) is 15.8. The minimum absolute atomic E-state index is 0.219. The summed E-state index contributed by atoms with van der Waals surface area (Å²) in [6.07, 6.45) is 0.217. The summed E-state index contributed by atoms with van der Waals surface area (Å²) in [4.78, 5) is 24.8. The molecule has 1 amide bonds. The Morgan fingerprint density at radius 3 is 2.47 bits per heavy atom. The van der Waals surface area contributed by atoms with Gasteiger partial charge in [0.15, 0.2) is 0 Å². The van der Waals surface area contributed by atoms with Crippen LogP contribution in [0.5, 0.6) is 0 Å². The zero-order valence-corrected chi connectivity index (χ0v) is 12.3. The number of hydrogen-bond acceptors (Lipinski definition) is 5. The number of carbonyl (C=O) groups excluding carboxylic acids is 2. The maximum absolute atomic E-state index is 12.1. The average molecular weight is 273 g/mol. The largest absolute Gasteiger partial charge is 0.469 e. The molecule has 0 spiro atoms. The minimum atomic E-state index is -0.718. The lowest BCUT2D eigenvalue weighted by Gasteiger charge is -2.33. The first-order chi connectivity index (χ1) is 8.68. The van der Waals surface area contributed by atoms with Crippen LogP contribution in [0.25, 0.3) is 0 Å². The molecule has 1 fully saturated rings. The second kappa shape index (κ2) is 5.77. The van der Waals surface area contributed by atoms with Crippen molar-refractivity contribution in [1.82, 2.24) is 4.90 Å². The Morgan fingerprint density at radius 2 is 2.00 bits per heavy atom. The van der Waals surface area contributed by atoms with E-state index >= 15 is 0 Å². The average Bonchev–Trinajstić information content (AvgIpc) is 2.65. The van der Waals surface area contributed by atoms with Gasteiger partial charge in [-0.25, -0.2) is 4.79 Å².